The number of rotatable bonds is 3. The van der Waals surface area contributed by atoms with Crippen LogP contribution in [0.25, 0.3) is 6.08 Å². The van der Waals surface area contributed by atoms with Crippen molar-refractivity contribution in [3.8, 4) is 11.5 Å². The minimum Gasteiger partial charge on any atom is -0.504 e. The van der Waals surface area contributed by atoms with Gasteiger partial charge in [0.2, 0.25) is 0 Å². The summed E-state index contributed by atoms with van der Waals surface area (Å²) >= 11 is 1.38. The lowest BCUT2D eigenvalue weighted by atomic mass is 10.2. The lowest BCUT2D eigenvalue weighted by molar-refractivity contribution is -0.113. The summed E-state index contributed by atoms with van der Waals surface area (Å²) in [5, 5.41) is 10.5. The van der Waals surface area contributed by atoms with Crippen molar-refractivity contribution >= 4 is 28.9 Å². The fourth-order valence-corrected chi connectivity index (χ4v) is 3.84. The Balaban J connectivity index is 1.76. The van der Waals surface area contributed by atoms with Gasteiger partial charge in [-0.2, -0.15) is 4.99 Å². The first-order valence-electron chi connectivity index (χ1n) is 8.35. The van der Waals surface area contributed by atoms with Crippen LogP contribution in [0.3, 0.4) is 0 Å². The summed E-state index contributed by atoms with van der Waals surface area (Å²) in [6.45, 7) is 7.81. The number of phenolic OH excluding ortho intramolecular Hbond substituents is 1. The molecule has 1 amide bonds. The highest BCUT2D eigenvalue weighted by atomic mass is 32.2. The van der Waals surface area contributed by atoms with E-state index in [4.69, 9.17) is 9.47 Å². The van der Waals surface area contributed by atoms with E-state index in [1.165, 1.54) is 11.8 Å². The number of phenols is 1. The van der Waals surface area contributed by atoms with E-state index in [0.717, 1.165) is 23.8 Å². The van der Waals surface area contributed by atoms with E-state index in [2.05, 4.69) is 9.89 Å². The fourth-order valence-electron chi connectivity index (χ4n) is 2.91. The zero-order valence-corrected chi connectivity index (χ0v) is 15.4. The number of aromatic hydroxyl groups is 1. The van der Waals surface area contributed by atoms with Gasteiger partial charge in [-0.3, -0.25) is 4.79 Å². The number of carbonyl (C=O) groups excluding carboxylic acids is 1. The van der Waals surface area contributed by atoms with Crippen molar-refractivity contribution in [2.45, 2.75) is 33.0 Å². The van der Waals surface area contributed by atoms with E-state index >= 15 is 0 Å². The van der Waals surface area contributed by atoms with Crippen LogP contribution in [-0.2, 0) is 9.53 Å². The largest absolute Gasteiger partial charge is 0.504 e. The van der Waals surface area contributed by atoms with Gasteiger partial charge in [-0.25, -0.2) is 0 Å². The van der Waals surface area contributed by atoms with Gasteiger partial charge in [0.1, 0.15) is 0 Å². The molecule has 2 atom stereocenters. The number of ether oxygens (including phenoxy) is 2. The Bertz CT molecular complexity index is 722. The van der Waals surface area contributed by atoms with E-state index in [1.54, 1.807) is 24.3 Å². The molecule has 2 aliphatic rings. The second kappa shape index (κ2) is 7.49. The van der Waals surface area contributed by atoms with Crippen LogP contribution in [0.2, 0.25) is 0 Å². The van der Waals surface area contributed by atoms with Crippen LogP contribution in [0.4, 0.5) is 0 Å². The van der Waals surface area contributed by atoms with Gasteiger partial charge in [-0.1, -0.05) is 6.07 Å². The highest BCUT2D eigenvalue weighted by molar-refractivity contribution is 8.18. The molecule has 1 saturated heterocycles. The standard InChI is InChI=1S/C18H22N2O4S/c1-4-23-15-7-13(5-6-14(15)21)8-16-17(22)19-18(25-16)20-9-11(2)24-12(3)10-20/h5-8,11-12,21H,4,9-10H2,1-3H3/b16-8+/t11-,12-/m0/s1. The molecule has 0 aromatic heterocycles. The average molecular weight is 362 g/mol. The molecule has 134 valence electrons. The van der Waals surface area contributed by atoms with E-state index < -0.39 is 0 Å². The molecule has 7 heteroatoms. The van der Waals surface area contributed by atoms with Gasteiger partial charge in [-0.05, 0) is 56.3 Å². The Morgan fingerprint density at radius 1 is 1.40 bits per heavy atom. The molecule has 1 aromatic rings. The first-order valence-corrected chi connectivity index (χ1v) is 9.16. The Morgan fingerprint density at radius 3 is 2.80 bits per heavy atom. The third-order valence-electron chi connectivity index (χ3n) is 3.88. The van der Waals surface area contributed by atoms with Crippen LogP contribution in [0.5, 0.6) is 11.5 Å². The highest BCUT2D eigenvalue weighted by Gasteiger charge is 2.31. The van der Waals surface area contributed by atoms with Crippen LogP contribution in [0.15, 0.2) is 28.1 Å². The highest BCUT2D eigenvalue weighted by Crippen LogP contribution is 2.33. The molecule has 1 N–H and O–H groups in total. The number of amidine groups is 1. The molecule has 1 fully saturated rings. The lowest BCUT2D eigenvalue weighted by Crippen LogP contribution is -2.47. The van der Waals surface area contributed by atoms with Gasteiger partial charge >= 0.3 is 0 Å². The van der Waals surface area contributed by atoms with Crippen molar-refractivity contribution in [3.63, 3.8) is 0 Å². The summed E-state index contributed by atoms with van der Waals surface area (Å²) in [5.41, 5.74) is 0.789. The van der Waals surface area contributed by atoms with Gasteiger partial charge < -0.3 is 19.5 Å². The molecule has 25 heavy (non-hydrogen) atoms. The molecule has 0 unspecified atom stereocenters. The number of aliphatic imine (C=N–C) groups is 1. The predicted molar refractivity (Wildman–Crippen MR) is 98.9 cm³/mol. The van der Waals surface area contributed by atoms with E-state index in [1.807, 2.05) is 20.8 Å². The van der Waals surface area contributed by atoms with Gasteiger partial charge in [0.05, 0.1) is 23.7 Å². The Hall–Kier alpha value is -1.99. The van der Waals surface area contributed by atoms with Gasteiger partial charge in [0.15, 0.2) is 16.7 Å². The maximum atomic E-state index is 12.3. The number of hydrogen-bond acceptors (Lipinski definition) is 6. The predicted octanol–water partition coefficient (Wildman–Crippen LogP) is 2.87. The second-order valence-corrected chi connectivity index (χ2v) is 7.14. The molecule has 0 aliphatic carbocycles. The number of morpholine rings is 1. The number of benzene rings is 1. The molecule has 0 radical (unpaired) electrons. The Kier molecular flexibility index (Phi) is 5.34. The maximum Gasteiger partial charge on any atom is 0.286 e. The van der Waals surface area contributed by atoms with Crippen molar-refractivity contribution in [1.82, 2.24) is 4.90 Å². The van der Waals surface area contributed by atoms with Crippen LogP contribution in [0.1, 0.15) is 26.3 Å². The summed E-state index contributed by atoms with van der Waals surface area (Å²) in [5.74, 6) is 0.254. The minimum absolute atomic E-state index is 0.0858. The third kappa shape index (κ3) is 4.16. The molecule has 1 aromatic carbocycles. The first kappa shape index (κ1) is 17.8. The number of nitrogens with zero attached hydrogens (tertiary/aromatic N) is 2. The molecule has 6 nitrogen and oxygen atoms in total. The SMILES string of the molecule is CCOc1cc(/C=C2/SC(N3C[C@H](C)O[C@@H](C)C3)=NC2=O)ccc1O. The van der Waals surface area contributed by atoms with Crippen molar-refractivity contribution in [1.29, 1.82) is 0 Å². The smallest absolute Gasteiger partial charge is 0.286 e. The molecule has 2 heterocycles. The average Bonchev–Trinajstić information content (AvgIpc) is 2.91. The van der Waals surface area contributed by atoms with Gasteiger partial charge in [0, 0.05) is 13.1 Å². The summed E-state index contributed by atoms with van der Waals surface area (Å²) in [4.78, 5) is 19.1. The molecule has 0 bridgehead atoms. The Morgan fingerprint density at radius 2 is 2.12 bits per heavy atom. The normalized spacial score (nSPS) is 25.4. The van der Waals surface area contributed by atoms with Crippen LogP contribution in [0, 0.1) is 0 Å². The number of thioether (sulfide) groups is 1. The molecule has 3 rings (SSSR count). The first-order chi connectivity index (χ1) is 12.0. The topological polar surface area (TPSA) is 71.4 Å². The second-order valence-electron chi connectivity index (χ2n) is 6.13. The zero-order chi connectivity index (χ0) is 18.0. The quantitative estimate of drug-likeness (QED) is 0.834. The molecular formula is C18H22N2O4S. The van der Waals surface area contributed by atoms with Crippen molar-refractivity contribution < 1.29 is 19.4 Å². The minimum atomic E-state index is -0.238. The van der Waals surface area contributed by atoms with Crippen LogP contribution < -0.4 is 4.74 Å². The number of carbonyl (C=O) groups is 1. The molecule has 0 saturated carbocycles. The van der Waals surface area contributed by atoms with E-state index in [0.29, 0.717) is 17.3 Å². The fraction of sp³-hybridized carbons (Fsp3) is 0.444. The van der Waals surface area contributed by atoms with Crippen LogP contribution in [-0.4, -0.2) is 53.0 Å². The molecule has 2 aliphatic heterocycles. The number of amides is 1. The summed E-state index contributed by atoms with van der Waals surface area (Å²) in [7, 11) is 0. The maximum absolute atomic E-state index is 12.3. The summed E-state index contributed by atoms with van der Waals surface area (Å²) in [6, 6.07) is 5.03. The lowest BCUT2D eigenvalue weighted by Gasteiger charge is -2.35. The third-order valence-corrected chi connectivity index (χ3v) is 4.93. The molecule has 0 spiro atoms. The van der Waals surface area contributed by atoms with E-state index in [9.17, 15) is 9.90 Å². The number of hydrogen-bond donors (Lipinski definition) is 1. The van der Waals surface area contributed by atoms with Crippen molar-refractivity contribution in [3.05, 3.63) is 28.7 Å². The Labute approximate surface area is 151 Å². The van der Waals surface area contributed by atoms with Crippen LogP contribution >= 0.6 is 11.8 Å². The monoisotopic (exact) mass is 362 g/mol. The van der Waals surface area contributed by atoms with Crippen molar-refractivity contribution in [2.75, 3.05) is 19.7 Å². The van der Waals surface area contributed by atoms with E-state index in [-0.39, 0.29) is 23.9 Å². The molecular weight excluding hydrogens is 340 g/mol. The zero-order valence-electron chi connectivity index (χ0n) is 14.6. The van der Waals surface area contributed by atoms with Gasteiger partial charge in [0.25, 0.3) is 5.91 Å². The van der Waals surface area contributed by atoms with Gasteiger partial charge in [-0.15, -0.1) is 0 Å². The van der Waals surface area contributed by atoms with Crippen molar-refractivity contribution in [2.24, 2.45) is 4.99 Å². The summed E-state index contributed by atoms with van der Waals surface area (Å²) < 4.78 is 11.1. The summed E-state index contributed by atoms with van der Waals surface area (Å²) in [6.07, 6.45) is 2.00.